The molecular formula is C24H29N3O2S. The third-order valence-corrected chi connectivity index (χ3v) is 6.30. The van der Waals surface area contributed by atoms with Gasteiger partial charge in [0.15, 0.2) is 5.16 Å². The fourth-order valence-corrected chi connectivity index (χ4v) is 4.53. The first kappa shape index (κ1) is 22.1. The van der Waals surface area contributed by atoms with Gasteiger partial charge in [-0.2, -0.15) is 0 Å². The van der Waals surface area contributed by atoms with Crippen molar-refractivity contribution < 1.29 is 4.79 Å². The second-order valence-electron chi connectivity index (χ2n) is 7.70. The Balaban J connectivity index is 1.76. The lowest BCUT2D eigenvalue weighted by Gasteiger charge is -2.20. The minimum Gasteiger partial charge on any atom is -0.355 e. The molecule has 158 valence electrons. The minimum atomic E-state index is -0.364. The average molecular weight is 424 g/mol. The lowest BCUT2D eigenvalue weighted by molar-refractivity contribution is -0.120. The molecule has 3 aromatic rings. The van der Waals surface area contributed by atoms with Gasteiger partial charge in [0.25, 0.3) is 5.56 Å². The summed E-state index contributed by atoms with van der Waals surface area (Å²) in [6.45, 7) is 8.49. The Hall–Kier alpha value is -2.60. The smallest absolute Gasteiger partial charge is 0.262 e. The van der Waals surface area contributed by atoms with Crippen molar-refractivity contribution in [1.82, 2.24) is 14.9 Å². The molecule has 30 heavy (non-hydrogen) atoms. The molecule has 1 heterocycles. The van der Waals surface area contributed by atoms with Crippen LogP contribution in [0.25, 0.3) is 10.9 Å². The van der Waals surface area contributed by atoms with Crippen LogP contribution in [-0.4, -0.2) is 27.3 Å². The predicted octanol–water partition coefficient (Wildman–Crippen LogP) is 4.77. The second-order valence-corrected chi connectivity index (χ2v) is 9.01. The van der Waals surface area contributed by atoms with Gasteiger partial charge in [-0.3, -0.25) is 14.2 Å². The normalized spacial score (nSPS) is 13.4. The Kier molecular flexibility index (Phi) is 7.32. The van der Waals surface area contributed by atoms with E-state index in [1.807, 2.05) is 57.2 Å². The van der Waals surface area contributed by atoms with E-state index in [0.29, 0.717) is 22.6 Å². The monoisotopic (exact) mass is 423 g/mol. The number of thioether (sulfide) groups is 1. The van der Waals surface area contributed by atoms with E-state index < -0.39 is 0 Å². The van der Waals surface area contributed by atoms with Crippen LogP contribution in [0.1, 0.15) is 51.6 Å². The summed E-state index contributed by atoms with van der Waals surface area (Å²) in [6.07, 6.45) is 0.949. The van der Waals surface area contributed by atoms with Gasteiger partial charge in [0.1, 0.15) is 0 Å². The van der Waals surface area contributed by atoms with Crippen molar-refractivity contribution in [1.29, 1.82) is 0 Å². The Morgan fingerprint density at radius 2 is 1.73 bits per heavy atom. The van der Waals surface area contributed by atoms with E-state index in [1.165, 1.54) is 17.3 Å². The molecule has 3 rings (SSSR count). The summed E-state index contributed by atoms with van der Waals surface area (Å²) in [5.41, 5.74) is 1.82. The van der Waals surface area contributed by atoms with Crippen molar-refractivity contribution in [3.8, 4) is 0 Å². The summed E-state index contributed by atoms with van der Waals surface area (Å²) in [7, 11) is 0. The van der Waals surface area contributed by atoms with Crippen molar-refractivity contribution in [3.63, 3.8) is 0 Å². The van der Waals surface area contributed by atoms with Crippen LogP contribution >= 0.6 is 11.8 Å². The molecule has 1 N–H and O–H groups in total. The van der Waals surface area contributed by atoms with Gasteiger partial charge in [0, 0.05) is 18.5 Å². The fraction of sp³-hybridized carbons (Fsp3) is 0.375. The number of para-hydroxylation sites is 1. The van der Waals surface area contributed by atoms with Gasteiger partial charge >= 0.3 is 0 Å². The molecule has 0 spiro atoms. The number of hydrogen-bond donors (Lipinski definition) is 1. The maximum atomic E-state index is 13.0. The highest BCUT2D eigenvalue weighted by atomic mass is 32.2. The maximum absolute atomic E-state index is 13.0. The number of nitrogens with one attached hydrogen (secondary N) is 1. The molecule has 0 saturated carbocycles. The van der Waals surface area contributed by atoms with E-state index in [-0.39, 0.29) is 28.7 Å². The summed E-state index contributed by atoms with van der Waals surface area (Å²) in [6, 6.07) is 17.5. The molecule has 0 unspecified atom stereocenters. The van der Waals surface area contributed by atoms with Crippen molar-refractivity contribution in [3.05, 3.63) is 70.5 Å². The zero-order valence-corrected chi connectivity index (χ0v) is 18.8. The Labute approximate surface area is 181 Å². The molecule has 0 bridgehead atoms. The second kappa shape index (κ2) is 9.94. The highest BCUT2D eigenvalue weighted by Gasteiger charge is 2.21. The molecule has 2 atom stereocenters. The molecule has 5 nitrogen and oxygen atoms in total. The van der Waals surface area contributed by atoms with Gasteiger partial charge in [-0.1, -0.05) is 61.2 Å². The number of carbonyl (C=O) groups is 1. The van der Waals surface area contributed by atoms with Crippen LogP contribution in [0.4, 0.5) is 0 Å². The molecule has 0 aliphatic carbocycles. The van der Waals surface area contributed by atoms with Gasteiger partial charge in [0.2, 0.25) is 5.91 Å². The van der Waals surface area contributed by atoms with E-state index in [4.69, 9.17) is 0 Å². The van der Waals surface area contributed by atoms with Crippen LogP contribution in [0.5, 0.6) is 0 Å². The zero-order valence-electron chi connectivity index (χ0n) is 18.0. The highest BCUT2D eigenvalue weighted by molar-refractivity contribution is 8.00. The van der Waals surface area contributed by atoms with E-state index in [1.54, 1.807) is 10.6 Å². The number of rotatable bonds is 8. The van der Waals surface area contributed by atoms with Crippen LogP contribution in [0.3, 0.4) is 0 Å². The largest absolute Gasteiger partial charge is 0.355 e. The molecule has 2 aromatic carbocycles. The van der Waals surface area contributed by atoms with E-state index in [0.717, 1.165) is 6.42 Å². The number of hydrogen-bond acceptors (Lipinski definition) is 4. The van der Waals surface area contributed by atoms with Crippen molar-refractivity contribution in [2.75, 3.05) is 6.54 Å². The average Bonchev–Trinajstić information content (AvgIpc) is 2.74. The van der Waals surface area contributed by atoms with Gasteiger partial charge in [0.05, 0.1) is 16.2 Å². The number of amides is 1. The highest BCUT2D eigenvalue weighted by Crippen LogP contribution is 2.25. The molecule has 0 radical (unpaired) electrons. The lowest BCUT2D eigenvalue weighted by Crippen LogP contribution is -2.35. The molecular weight excluding hydrogens is 394 g/mol. The summed E-state index contributed by atoms with van der Waals surface area (Å²) >= 11 is 1.33. The third kappa shape index (κ3) is 4.93. The fourth-order valence-electron chi connectivity index (χ4n) is 3.47. The number of carbonyl (C=O) groups excluding carboxylic acids is 1. The summed E-state index contributed by atoms with van der Waals surface area (Å²) in [5, 5.41) is 3.89. The molecule has 6 heteroatoms. The van der Waals surface area contributed by atoms with Crippen LogP contribution in [0.2, 0.25) is 0 Å². The first-order valence-corrected chi connectivity index (χ1v) is 11.3. The zero-order chi connectivity index (χ0) is 21.7. The first-order chi connectivity index (χ1) is 14.4. The Bertz CT molecular complexity index is 1060. The standard InChI is InChI=1S/C24H29N3O2S/c1-5-18(19-11-7-6-8-12-19)15-25-22(28)17(4)30-24-26-21-14-10-9-13-20(21)23(29)27(24)16(2)3/h6-14,16-18H,5,15H2,1-4H3,(H,25,28)/t17-,18+/m1/s1. The predicted molar refractivity (Wildman–Crippen MR) is 124 cm³/mol. The molecule has 0 aliphatic heterocycles. The van der Waals surface area contributed by atoms with Gasteiger partial charge < -0.3 is 5.32 Å². The number of benzene rings is 2. The topological polar surface area (TPSA) is 64.0 Å². The van der Waals surface area contributed by atoms with Crippen LogP contribution in [-0.2, 0) is 4.79 Å². The van der Waals surface area contributed by atoms with Crippen molar-refractivity contribution in [2.45, 2.75) is 56.5 Å². The minimum absolute atomic E-state index is 0.0464. The van der Waals surface area contributed by atoms with Crippen LogP contribution < -0.4 is 10.9 Å². The summed E-state index contributed by atoms with van der Waals surface area (Å²) in [5.74, 6) is 0.229. The maximum Gasteiger partial charge on any atom is 0.262 e. The number of aromatic nitrogens is 2. The molecule has 1 amide bonds. The van der Waals surface area contributed by atoms with Crippen LogP contribution in [0.15, 0.2) is 64.5 Å². The quantitative estimate of drug-likeness (QED) is 0.419. The first-order valence-electron chi connectivity index (χ1n) is 10.4. The summed E-state index contributed by atoms with van der Waals surface area (Å²) < 4.78 is 1.68. The van der Waals surface area contributed by atoms with Crippen LogP contribution in [0, 0.1) is 0 Å². The van der Waals surface area contributed by atoms with Gasteiger partial charge in [-0.05, 0) is 44.9 Å². The SMILES string of the molecule is CC[C@@H](CNC(=O)[C@@H](C)Sc1nc2ccccc2c(=O)n1C(C)C)c1ccccc1. The van der Waals surface area contributed by atoms with Gasteiger partial charge in [-0.15, -0.1) is 0 Å². The van der Waals surface area contributed by atoms with Gasteiger partial charge in [-0.25, -0.2) is 4.98 Å². The van der Waals surface area contributed by atoms with E-state index in [9.17, 15) is 9.59 Å². The van der Waals surface area contributed by atoms with E-state index >= 15 is 0 Å². The number of fused-ring (bicyclic) bond motifs is 1. The summed E-state index contributed by atoms with van der Waals surface area (Å²) in [4.78, 5) is 30.4. The Morgan fingerprint density at radius 1 is 1.07 bits per heavy atom. The van der Waals surface area contributed by atoms with Crippen molar-refractivity contribution >= 4 is 28.6 Å². The number of nitrogens with zero attached hydrogens (tertiary/aromatic N) is 2. The van der Waals surface area contributed by atoms with E-state index in [2.05, 4.69) is 29.4 Å². The molecule has 0 saturated heterocycles. The molecule has 0 fully saturated rings. The lowest BCUT2D eigenvalue weighted by atomic mass is 9.96. The van der Waals surface area contributed by atoms with Crippen molar-refractivity contribution in [2.24, 2.45) is 0 Å². The molecule has 1 aromatic heterocycles. The third-order valence-electron chi connectivity index (χ3n) is 5.23. The molecule has 0 aliphatic rings. The Morgan fingerprint density at radius 3 is 2.40 bits per heavy atom.